The van der Waals surface area contributed by atoms with E-state index in [-0.39, 0.29) is 0 Å². The number of nitrogens with one attached hydrogen (secondary N) is 1. The largest absolute Gasteiger partial charge is 0.317 e. The smallest absolute Gasteiger partial charge is 0.0311 e. The summed E-state index contributed by atoms with van der Waals surface area (Å²) in [4.78, 5) is 1.35. The van der Waals surface area contributed by atoms with Gasteiger partial charge in [-0.15, -0.1) is 11.8 Å². The predicted molar refractivity (Wildman–Crippen MR) is 77.2 cm³/mol. The van der Waals surface area contributed by atoms with E-state index in [9.17, 15) is 0 Å². The molecule has 1 unspecified atom stereocenters. The SMILES string of the molecule is CNC(C)CCCCSc1ccccc1Br. The van der Waals surface area contributed by atoms with Gasteiger partial charge in [0.15, 0.2) is 0 Å². The summed E-state index contributed by atoms with van der Waals surface area (Å²) in [5, 5.41) is 3.27. The summed E-state index contributed by atoms with van der Waals surface area (Å²) in [5.74, 6) is 1.21. The fraction of sp³-hybridized carbons (Fsp3) is 0.538. The van der Waals surface area contributed by atoms with Crippen LogP contribution in [-0.2, 0) is 0 Å². The third-order valence-corrected chi connectivity index (χ3v) is 4.73. The van der Waals surface area contributed by atoms with Gasteiger partial charge in [0.1, 0.15) is 0 Å². The molecular formula is C13H20BrNS. The highest BCUT2D eigenvalue weighted by atomic mass is 79.9. The fourth-order valence-corrected chi connectivity index (χ4v) is 3.02. The van der Waals surface area contributed by atoms with Crippen LogP contribution in [0.2, 0.25) is 0 Å². The molecule has 90 valence electrons. The second kappa shape index (κ2) is 8.15. The molecule has 0 fully saturated rings. The molecule has 1 N–H and O–H groups in total. The summed E-state index contributed by atoms with van der Waals surface area (Å²) in [7, 11) is 2.03. The second-order valence-corrected chi connectivity index (χ2v) is 5.96. The van der Waals surface area contributed by atoms with Crippen LogP contribution < -0.4 is 5.32 Å². The Labute approximate surface area is 112 Å². The van der Waals surface area contributed by atoms with Gasteiger partial charge in [0.25, 0.3) is 0 Å². The zero-order chi connectivity index (χ0) is 11.8. The molecule has 1 aromatic carbocycles. The number of thioether (sulfide) groups is 1. The third kappa shape index (κ3) is 5.37. The van der Waals surface area contributed by atoms with Crippen molar-refractivity contribution in [1.29, 1.82) is 0 Å². The molecule has 0 radical (unpaired) electrons. The first-order valence-corrected chi connectivity index (χ1v) is 7.56. The maximum absolute atomic E-state index is 3.57. The van der Waals surface area contributed by atoms with Crippen LogP contribution in [-0.4, -0.2) is 18.8 Å². The zero-order valence-corrected chi connectivity index (χ0v) is 12.4. The third-order valence-electron chi connectivity index (χ3n) is 2.62. The molecule has 0 aliphatic heterocycles. The fourth-order valence-electron chi connectivity index (χ4n) is 1.44. The molecule has 0 saturated heterocycles. The molecule has 1 rings (SSSR count). The standard InChI is InChI=1S/C13H20BrNS/c1-11(15-2)7-5-6-10-16-13-9-4-3-8-12(13)14/h3-4,8-9,11,15H,5-7,10H2,1-2H3. The maximum Gasteiger partial charge on any atom is 0.0311 e. The summed E-state index contributed by atoms with van der Waals surface area (Å²) in [6.07, 6.45) is 3.87. The van der Waals surface area contributed by atoms with Crippen molar-refractivity contribution in [2.24, 2.45) is 0 Å². The monoisotopic (exact) mass is 301 g/mol. The summed E-state index contributed by atoms with van der Waals surface area (Å²) in [5.41, 5.74) is 0. The van der Waals surface area contributed by atoms with Gasteiger partial charge < -0.3 is 5.32 Å². The average molecular weight is 302 g/mol. The molecule has 1 atom stereocenters. The van der Waals surface area contributed by atoms with Crippen LogP contribution in [0.5, 0.6) is 0 Å². The Morgan fingerprint density at radius 3 is 2.75 bits per heavy atom. The van der Waals surface area contributed by atoms with Gasteiger partial charge in [-0.1, -0.05) is 18.6 Å². The number of rotatable bonds is 7. The second-order valence-electron chi connectivity index (χ2n) is 3.96. The molecule has 3 heteroatoms. The maximum atomic E-state index is 3.57. The topological polar surface area (TPSA) is 12.0 Å². The van der Waals surface area contributed by atoms with Crippen LogP contribution in [0.1, 0.15) is 26.2 Å². The molecule has 16 heavy (non-hydrogen) atoms. The van der Waals surface area contributed by atoms with Crippen molar-refractivity contribution in [2.75, 3.05) is 12.8 Å². The summed E-state index contributed by atoms with van der Waals surface area (Å²) >= 11 is 5.51. The molecular weight excluding hydrogens is 282 g/mol. The molecule has 0 aromatic heterocycles. The van der Waals surface area contributed by atoms with Crippen LogP contribution in [0.15, 0.2) is 33.6 Å². The molecule has 0 aliphatic rings. The van der Waals surface area contributed by atoms with Crippen LogP contribution in [0.25, 0.3) is 0 Å². The van der Waals surface area contributed by atoms with E-state index in [4.69, 9.17) is 0 Å². The van der Waals surface area contributed by atoms with E-state index in [1.165, 1.54) is 34.4 Å². The van der Waals surface area contributed by atoms with Crippen molar-refractivity contribution in [3.8, 4) is 0 Å². The number of unbranched alkanes of at least 4 members (excludes halogenated alkanes) is 1. The van der Waals surface area contributed by atoms with Crippen molar-refractivity contribution in [3.63, 3.8) is 0 Å². The molecule has 0 bridgehead atoms. The molecule has 0 amide bonds. The van der Waals surface area contributed by atoms with Gasteiger partial charge in [0.05, 0.1) is 0 Å². The van der Waals surface area contributed by atoms with Crippen LogP contribution in [0.3, 0.4) is 0 Å². The molecule has 1 aromatic rings. The van der Waals surface area contributed by atoms with E-state index in [1.807, 2.05) is 18.8 Å². The van der Waals surface area contributed by atoms with E-state index in [2.05, 4.69) is 52.4 Å². The van der Waals surface area contributed by atoms with Crippen molar-refractivity contribution >= 4 is 27.7 Å². The van der Waals surface area contributed by atoms with Gasteiger partial charge in [-0.3, -0.25) is 0 Å². The molecule has 0 saturated carbocycles. The average Bonchev–Trinajstić information content (AvgIpc) is 2.30. The van der Waals surface area contributed by atoms with Crippen molar-refractivity contribution in [3.05, 3.63) is 28.7 Å². The highest BCUT2D eigenvalue weighted by Crippen LogP contribution is 2.27. The van der Waals surface area contributed by atoms with E-state index >= 15 is 0 Å². The normalized spacial score (nSPS) is 12.7. The summed E-state index contributed by atoms with van der Waals surface area (Å²) < 4.78 is 1.21. The minimum absolute atomic E-state index is 0.647. The molecule has 0 heterocycles. The lowest BCUT2D eigenvalue weighted by molar-refractivity contribution is 0.539. The van der Waals surface area contributed by atoms with E-state index in [1.54, 1.807) is 0 Å². The predicted octanol–water partition coefficient (Wildman–Crippen LogP) is 4.32. The summed E-state index contributed by atoms with van der Waals surface area (Å²) in [6, 6.07) is 9.07. The zero-order valence-electron chi connectivity index (χ0n) is 10.0. The summed E-state index contributed by atoms with van der Waals surface area (Å²) in [6.45, 7) is 2.24. The van der Waals surface area contributed by atoms with Gasteiger partial charge >= 0.3 is 0 Å². The van der Waals surface area contributed by atoms with Crippen molar-refractivity contribution < 1.29 is 0 Å². The first-order valence-electron chi connectivity index (χ1n) is 5.78. The quantitative estimate of drug-likeness (QED) is 0.594. The Kier molecular flexibility index (Phi) is 7.17. The van der Waals surface area contributed by atoms with Crippen LogP contribution in [0.4, 0.5) is 0 Å². The number of benzene rings is 1. The molecule has 0 aliphatic carbocycles. The van der Waals surface area contributed by atoms with Crippen LogP contribution >= 0.6 is 27.7 Å². The number of hydrogen-bond donors (Lipinski definition) is 1. The number of halogens is 1. The van der Waals surface area contributed by atoms with Gasteiger partial charge in [0.2, 0.25) is 0 Å². The number of hydrogen-bond acceptors (Lipinski definition) is 2. The highest BCUT2D eigenvalue weighted by molar-refractivity contribution is 9.10. The highest BCUT2D eigenvalue weighted by Gasteiger charge is 2.00. The Bertz CT molecular complexity index is 304. The van der Waals surface area contributed by atoms with E-state index in [0.29, 0.717) is 6.04 Å². The van der Waals surface area contributed by atoms with Gasteiger partial charge in [0, 0.05) is 15.4 Å². The molecule has 0 spiro atoms. The lowest BCUT2D eigenvalue weighted by Crippen LogP contribution is -2.20. The minimum atomic E-state index is 0.647. The Morgan fingerprint density at radius 2 is 2.06 bits per heavy atom. The van der Waals surface area contributed by atoms with Crippen molar-refractivity contribution in [2.45, 2.75) is 37.1 Å². The van der Waals surface area contributed by atoms with Crippen molar-refractivity contribution in [1.82, 2.24) is 5.32 Å². The minimum Gasteiger partial charge on any atom is -0.317 e. The lowest BCUT2D eigenvalue weighted by Gasteiger charge is -2.09. The Hall–Kier alpha value is 0.01000. The Balaban J connectivity index is 2.14. The van der Waals surface area contributed by atoms with E-state index in [0.717, 1.165) is 0 Å². The Morgan fingerprint density at radius 1 is 1.31 bits per heavy atom. The van der Waals surface area contributed by atoms with Crippen LogP contribution in [0, 0.1) is 0 Å². The first kappa shape index (κ1) is 14.1. The molecule has 1 nitrogen and oxygen atoms in total. The van der Waals surface area contributed by atoms with Gasteiger partial charge in [-0.25, -0.2) is 0 Å². The first-order chi connectivity index (χ1) is 7.74. The van der Waals surface area contributed by atoms with E-state index < -0.39 is 0 Å². The van der Waals surface area contributed by atoms with Gasteiger partial charge in [-0.2, -0.15) is 0 Å². The lowest BCUT2D eigenvalue weighted by atomic mass is 10.1. The van der Waals surface area contributed by atoms with Gasteiger partial charge in [-0.05, 0) is 60.6 Å².